The van der Waals surface area contributed by atoms with Crippen molar-refractivity contribution < 1.29 is 9.84 Å². The van der Waals surface area contributed by atoms with Gasteiger partial charge in [0.2, 0.25) is 0 Å². The Morgan fingerprint density at radius 3 is 2.29 bits per heavy atom. The number of rotatable bonds is 11. The minimum absolute atomic E-state index is 0.0878. The van der Waals surface area contributed by atoms with Crippen molar-refractivity contribution in [1.29, 1.82) is 0 Å². The first-order chi connectivity index (χ1) is 8.34. The van der Waals surface area contributed by atoms with Crippen LogP contribution in [0, 0.1) is 0 Å². The summed E-state index contributed by atoms with van der Waals surface area (Å²) in [5.41, 5.74) is 0. The van der Waals surface area contributed by atoms with Crippen LogP contribution < -0.4 is 0 Å². The highest BCUT2D eigenvalue weighted by atomic mass is 16.6. The summed E-state index contributed by atoms with van der Waals surface area (Å²) < 4.78 is 5.01. The molecule has 1 aliphatic heterocycles. The highest BCUT2D eigenvalue weighted by Crippen LogP contribution is 2.15. The van der Waals surface area contributed by atoms with E-state index in [0.29, 0.717) is 0 Å². The van der Waals surface area contributed by atoms with Gasteiger partial charge in [0.05, 0.1) is 6.61 Å². The van der Waals surface area contributed by atoms with Crippen LogP contribution >= 0.6 is 0 Å². The van der Waals surface area contributed by atoms with Crippen LogP contribution in [-0.2, 0) is 4.74 Å². The van der Waals surface area contributed by atoms with Crippen LogP contribution in [-0.4, -0.2) is 23.9 Å². The molecule has 2 heteroatoms. The van der Waals surface area contributed by atoms with Crippen LogP contribution in [0.4, 0.5) is 0 Å². The molecule has 0 aromatic carbocycles. The predicted molar refractivity (Wildman–Crippen MR) is 72.1 cm³/mol. The minimum Gasteiger partial charge on any atom is -0.386 e. The van der Waals surface area contributed by atoms with E-state index in [9.17, 15) is 5.11 Å². The molecular weight excluding hydrogens is 212 g/mol. The zero-order valence-electron chi connectivity index (χ0n) is 11.2. The smallest absolute Gasteiger partial charge is 0.110 e. The molecule has 1 N–H and O–H groups in total. The van der Waals surface area contributed by atoms with Crippen LogP contribution in [0.3, 0.4) is 0 Å². The molecule has 0 bridgehead atoms. The van der Waals surface area contributed by atoms with E-state index in [0.717, 1.165) is 13.0 Å². The Kier molecular flexibility index (Phi) is 8.37. The van der Waals surface area contributed by atoms with E-state index >= 15 is 0 Å². The molecule has 0 spiro atoms. The molecule has 2 nitrogen and oxygen atoms in total. The number of unbranched alkanes of at least 4 members (excludes halogenated alkanes) is 8. The second-order valence-electron chi connectivity index (χ2n) is 5.05. The number of ether oxygens (including phenoxy) is 1. The molecule has 0 saturated carbocycles. The Labute approximate surface area is 106 Å². The maximum atomic E-state index is 9.50. The largest absolute Gasteiger partial charge is 0.386 e. The fourth-order valence-electron chi connectivity index (χ4n) is 2.01. The van der Waals surface area contributed by atoms with Crippen LogP contribution in [0.1, 0.15) is 64.7 Å². The summed E-state index contributed by atoms with van der Waals surface area (Å²) in [5, 5.41) is 9.50. The molecule has 0 aliphatic carbocycles. The van der Waals surface area contributed by atoms with Crippen molar-refractivity contribution in [2.45, 2.75) is 76.9 Å². The van der Waals surface area contributed by atoms with Crippen molar-refractivity contribution in [2.75, 3.05) is 6.61 Å². The summed E-state index contributed by atoms with van der Waals surface area (Å²) in [6, 6.07) is 0. The Morgan fingerprint density at radius 1 is 1.12 bits per heavy atom. The molecule has 0 aromatic heterocycles. The zero-order chi connectivity index (χ0) is 12.3. The van der Waals surface area contributed by atoms with E-state index in [1.54, 1.807) is 0 Å². The van der Waals surface area contributed by atoms with E-state index < -0.39 is 0 Å². The Morgan fingerprint density at radius 2 is 1.71 bits per heavy atom. The molecule has 1 heterocycles. The second kappa shape index (κ2) is 9.67. The normalized spacial score (nSPS) is 20.9. The van der Waals surface area contributed by atoms with Gasteiger partial charge in [-0.1, -0.05) is 64.0 Å². The van der Waals surface area contributed by atoms with Crippen LogP contribution in [0.5, 0.6) is 0 Å². The average molecular weight is 240 g/mol. The topological polar surface area (TPSA) is 32.8 Å². The highest BCUT2D eigenvalue weighted by Gasteiger charge is 2.28. The van der Waals surface area contributed by atoms with E-state index in [1.807, 2.05) is 6.08 Å². The van der Waals surface area contributed by atoms with Gasteiger partial charge in [-0.2, -0.15) is 0 Å². The van der Waals surface area contributed by atoms with Gasteiger partial charge in [-0.25, -0.2) is 0 Å². The zero-order valence-corrected chi connectivity index (χ0v) is 11.2. The minimum atomic E-state index is -0.371. The fourth-order valence-corrected chi connectivity index (χ4v) is 2.01. The van der Waals surface area contributed by atoms with Crippen molar-refractivity contribution in [3.8, 4) is 0 Å². The van der Waals surface area contributed by atoms with Gasteiger partial charge in [0, 0.05) is 0 Å². The molecule has 1 rings (SSSR count). The molecule has 0 amide bonds. The average Bonchev–Trinajstić information content (AvgIpc) is 3.15. The first-order valence-corrected chi connectivity index (χ1v) is 7.31. The number of aliphatic hydroxyl groups excluding tert-OH is 1. The summed E-state index contributed by atoms with van der Waals surface area (Å²) in [5.74, 6) is 0. The molecular formula is C15H28O2. The summed E-state index contributed by atoms with van der Waals surface area (Å²) in [4.78, 5) is 0. The molecule has 1 saturated heterocycles. The van der Waals surface area contributed by atoms with Crippen molar-refractivity contribution in [1.82, 2.24) is 0 Å². The van der Waals surface area contributed by atoms with Crippen LogP contribution in [0.2, 0.25) is 0 Å². The van der Waals surface area contributed by atoms with Gasteiger partial charge in [0.15, 0.2) is 0 Å². The van der Waals surface area contributed by atoms with Gasteiger partial charge < -0.3 is 9.84 Å². The lowest BCUT2D eigenvalue weighted by atomic mass is 10.1. The molecule has 100 valence electrons. The van der Waals surface area contributed by atoms with E-state index in [-0.39, 0.29) is 12.2 Å². The number of epoxide rings is 1. The molecule has 1 aliphatic rings. The number of hydrogen-bond donors (Lipinski definition) is 1. The van der Waals surface area contributed by atoms with E-state index in [4.69, 9.17) is 4.74 Å². The van der Waals surface area contributed by atoms with Crippen molar-refractivity contribution in [2.24, 2.45) is 0 Å². The third-order valence-corrected chi connectivity index (χ3v) is 3.30. The maximum absolute atomic E-state index is 9.50. The van der Waals surface area contributed by atoms with Gasteiger partial charge in [0.25, 0.3) is 0 Å². The summed E-state index contributed by atoms with van der Waals surface area (Å²) in [7, 11) is 0. The SMILES string of the molecule is CCCCCCCCCCC=CC(O)C1CO1. The van der Waals surface area contributed by atoms with Crippen molar-refractivity contribution >= 4 is 0 Å². The summed E-state index contributed by atoms with van der Waals surface area (Å²) in [6.45, 7) is 2.98. The first-order valence-electron chi connectivity index (χ1n) is 7.31. The molecule has 17 heavy (non-hydrogen) atoms. The van der Waals surface area contributed by atoms with E-state index in [2.05, 4.69) is 13.0 Å². The standard InChI is InChI=1S/C15H28O2/c1-2-3-4-5-6-7-8-9-10-11-12-14(16)15-13-17-15/h11-12,14-16H,2-10,13H2,1H3. The van der Waals surface area contributed by atoms with E-state index in [1.165, 1.54) is 51.4 Å². The fraction of sp³-hybridized carbons (Fsp3) is 0.867. The summed E-state index contributed by atoms with van der Waals surface area (Å²) in [6.07, 6.45) is 15.7. The van der Waals surface area contributed by atoms with Crippen LogP contribution in [0.25, 0.3) is 0 Å². The quantitative estimate of drug-likeness (QED) is 0.338. The second-order valence-corrected chi connectivity index (χ2v) is 5.05. The van der Waals surface area contributed by atoms with Gasteiger partial charge >= 0.3 is 0 Å². The first kappa shape index (κ1) is 14.7. The predicted octanol–water partition coefficient (Wildman–Crippen LogP) is 3.83. The Bertz CT molecular complexity index is 197. The Hall–Kier alpha value is -0.340. The van der Waals surface area contributed by atoms with Gasteiger partial charge in [0.1, 0.15) is 12.2 Å². The molecule has 0 aromatic rings. The monoisotopic (exact) mass is 240 g/mol. The third-order valence-electron chi connectivity index (χ3n) is 3.30. The molecule has 0 radical (unpaired) electrons. The molecule has 2 unspecified atom stereocenters. The van der Waals surface area contributed by atoms with Crippen molar-refractivity contribution in [3.05, 3.63) is 12.2 Å². The number of allylic oxidation sites excluding steroid dienone is 1. The molecule has 1 fully saturated rings. The third kappa shape index (κ3) is 8.39. The lowest BCUT2D eigenvalue weighted by Crippen LogP contribution is -2.10. The maximum Gasteiger partial charge on any atom is 0.110 e. The number of hydrogen-bond acceptors (Lipinski definition) is 2. The lowest BCUT2D eigenvalue weighted by Gasteiger charge is -2.01. The van der Waals surface area contributed by atoms with Gasteiger partial charge in [-0.05, 0) is 12.8 Å². The lowest BCUT2D eigenvalue weighted by molar-refractivity contribution is 0.177. The highest BCUT2D eigenvalue weighted by molar-refractivity contribution is 4.96. The van der Waals surface area contributed by atoms with Gasteiger partial charge in [-0.3, -0.25) is 0 Å². The number of aliphatic hydroxyl groups is 1. The Balaban J connectivity index is 1.77. The van der Waals surface area contributed by atoms with Crippen molar-refractivity contribution in [3.63, 3.8) is 0 Å². The van der Waals surface area contributed by atoms with Gasteiger partial charge in [-0.15, -0.1) is 0 Å². The molecule has 2 atom stereocenters. The van der Waals surface area contributed by atoms with Crippen LogP contribution in [0.15, 0.2) is 12.2 Å². The summed E-state index contributed by atoms with van der Waals surface area (Å²) >= 11 is 0.